The van der Waals surface area contributed by atoms with E-state index in [4.69, 9.17) is 16.3 Å². The largest absolute Gasteiger partial charge is 0.486 e. The third-order valence-electron chi connectivity index (χ3n) is 3.83. The lowest BCUT2D eigenvalue weighted by molar-refractivity contribution is 0.289. The third kappa shape index (κ3) is 5.11. The van der Waals surface area contributed by atoms with E-state index in [0.717, 1.165) is 22.0 Å². The van der Waals surface area contributed by atoms with Gasteiger partial charge in [-0.3, -0.25) is 4.57 Å². The highest BCUT2D eigenvalue weighted by Gasteiger charge is 2.13. The van der Waals surface area contributed by atoms with Gasteiger partial charge in [-0.2, -0.15) is 0 Å². The molecule has 0 atom stereocenters. The van der Waals surface area contributed by atoms with Crippen LogP contribution in [-0.4, -0.2) is 14.8 Å². The summed E-state index contributed by atoms with van der Waals surface area (Å²) < 4.78 is 21.0. The van der Waals surface area contributed by atoms with Gasteiger partial charge in [0, 0.05) is 17.3 Å². The van der Waals surface area contributed by atoms with Crippen molar-refractivity contribution in [1.29, 1.82) is 0 Å². The summed E-state index contributed by atoms with van der Waals surface area (Å²) in [5.74, 6) is 1.71. The summed E-state index contributed by atoms with van der Waals surface area (Å²) in [6.07, 6.45) is 1.79. The first kappa shape index (κ1) is 19.5. The van der Waals surface area contributed by atoms with Crippen molar-refractivity contribution in [2.75, 3.05) is 0 Å². The molecule has 0 saturated heterocycles. The van der Waals surface area contributed by atoms with Gasteiger partial charge in [0.25, 0.3) is 0 Å². The molecule has 0 amide bonds. The summed E-state index contributed by atoms with van der Waals surface area (Å²) in [5, 5.41) is 9.64. The fraction of sp³-hybridized carbons (Fsp3) is 0.200. The van der Waals surface area contributed by atoms with E-state index in [1.54, 1.807) is 12.1 Å². The molecule has 0 saturated carbocycles. The zero-order valence-electron chi connectivity index (χ0n) is 14.9. The average molecular weight is 404 g/mol. The second-order valence-electron chi connectivity index (χ2n) is 5.93. The van der Waals surface area contributed by atoms with Gasteiger partial charge in [-0.1, -0.05) is 47.6 Å². The highest BCUT2D eigenvalue weighted by atomic mass is 35.5. The Kier molecular flexibility index (Phi) is 6.53. The summed E-state index contributed by atoms with van der Waals surface area (Å²) in [4.78, 5) is 0. The van der Waals surface area contributed by atoms with Crippen LogP contribution in [0.4, 0.5) is 4.39 Å². The number of halogens is 2. The first-order chi connectivity index (χ1) is 13.1. The lowest BCUT2D eigenvalue weighted by atomic mass is 10.2. The molecule has 0 aliphatic rings. The van der Waals surface area contributed by atoms with Crippen molar-refractivity contribution in [3.8, 4) is 5.75 Å². The van der Waals surface area contributed by atoms with Crippen LogP contribution in [0, 0.1) is 12.7 Å². The van der Waals surface area contributed by atoms with Gasteiger partial charge in [0.05, 0.1) is 0 Å². The molecule has 140 valence electrons. The topological polar surface area (TPSA) is 39.9 Å². The van der Waals surface area contributed by atoms with E-state index in [1.165, 1.54) is 23.9 Å². The molecule has 0 aliphatic carbocycles. The van der Waals surface area contributed by atoms with Crippen molar-refractivity contribution in [1.82, 2.24) is 14.8 Å². The number of hydrogen-bond donors (Lipinski definition) is 0. The van der Waals surface area contributed by atoms with Crippen molar-refractivity contribution in [3.63, 3.8) is 0 Å². The number of benzene rings is 2. The Balaban J connectivity index is 1.71. The molecule has 27 heavy (non-hydrogen) atoms. The van der Waals surface area contributed by atoms with E-state index < -0.39 is 0 Å². The Morgan fingerprint density at radius 3 is 2.85 bits per heavy atom. The summed E-state index contributed by atoms with van der Waals surface area (Å²) in [5.41, 5.74) is 1.97. The molecule has 0 fully saturated rings. The van der Waals surface area contributed by atoms with E-state index in [-0.39, 0.29) is 5.82 Å². The molecule has 3 rings (SSSR count). The number of ether oxygens (including phenoxy) is 1. The molecule has 1 aromatic heterocycles. The molecule has 4 nitrogen and oxygen atoms in total. The van der Waals surface area contributed by atoms with Crippen LogP contribution in [0.1, 0.15) is 17.0 Å². The van der Waals surface area contributed by atoms with Crippen LogP contribution < -0.4 is 4.74 Å². The van der Waals surface area contributed by atoms with E-state index in [2.05, 4.69) is 16.8 Å². The maximum atomic E-state index is 13.2. The van der Waals surface area contributed by atoms with Gasteiger partial charge in [0.1, 0.15) is 18.2 Å². The van der Waals surface area contributed by atoms with Crippen LogP contribution in [0.5, 0.6) is 5.75 Å². The Morgan fingerprint density at radius 2 is 2.11 bits per heavy atom. The highest BCUT2D eigenvalue weighted by molar-refractivity contribution is 7.98. The van der Waals surface area contributed by atoms with E-state index in [0.29, 0.717) is 29.8 Å². The predicted molar refractivity (Wildman–Crippen MR) is 107 cm³/mol. The third-order valence-corrected chi connectivity index (χ3v) is 5.20. The normalized spacial score (nSPS) is 10.8. The standard InChI is InChI=1S/C20H19ClFN3OS/c1-3-9-25-19(12-26-17-6-4-5-14(2)10-17)23-24-20(25)27-13-15-7-8-16(22)11-18(15)21/h3-8,10-11H,1,9,12-13H2,2H3. The minimum absolute atomic E-state index is 0.308. The molecule has 0 N–H and O–H groups in total. The highest BCUT2D eigenvalue weighted by Crippen LogP contribution is 2.27. The Hall–Kier alpha value is -2.31. The molecule has 7 heteroatoms. The lowest BCUT2D eigenvalue weighted by Crippen LogP contribution is -2.07. The minimum atomic E-state index is -0.348. The summed E-state index contributed by atoms with van der Waals surface area (Å²) in [6.45, 7) is 6.69. The smallest absolute Gasteiger partial charge is 0.191 e. The number of hydrogen-bond acceptors (Lipinski definition) is 4. The second-order valence-corrected chi connectivity index (χ2v) is 7.28. The number of allylic oxidation sites excluding steroid dienone is 1. The number of aryl methyl sites for hydroxylation is 1. The van der Waals surface area contributed by atoms with Gasteiger partial charge in [-0.25, -0.2) is 4.39 Å². The van der Waals surface area contributed by atoms with Gasteiger partial charge < -0.3 is 4.74 Å². The molecular formula is C20H19ClFN3OS. The minimum Gasteiger partial charge on any atom is -0.486 e. The van der Waals surface area contributed by atoms with Crippen LogP contribution in [0.3, 0.4) is 0 Å². The number of thioether (sulfide) groups is 1. The lowest BCUT2D eigenvalue weighted by Gasteiger charge is -2.10. The Bertz CT molecular complexity index is 945. The van der Waals surface area contributed by atoms with Crippen LogP contribution in [0.25, 0.3) is 0 Å². The van der Waals surface area contributed by atoms with Crippen molar-refractivity contribution in [2.45, 2.75) is 31.0 Å². The quantitative estimate of drug-likeness (QED) is 0.371. The number of rotatable bonds is 8. The van der Waals surface area contributed by atoms with Gasteiger partial charge >= 0.3 is 0 Å². The molecule has 3 aromatic rings. The fourth-order valence-electron chi connectivity index (χ4n) is 2.48. The maximum absolute atomic E-state index is 13.2. The van der Waals surface area contributed by atoms with Crippen molar-refractivity contribution >= 4 is 23.4 Å². The van der Waals surface area contributed by atoms with Gasteiger partial charge in [-0.15, -0.1) is 16.8 Å². The van der Waals surface area contributed by atoms with E-state index >= 15 is 0 Å². The Labute approximate surface area is 167 Å². The monoisotopic (exact) mass is 403 g/mol. The second kappa shape index (κ2) is 9.06. The maximum Gasteiger partial charge on any atom is 0.191 e. The van der Waals surface area contributed by atoms with Crippen molar-refractivity contribution in [3.05, 3.63) is 82.9 Å². The van der Waals surface area contributed by atoms with Crippen molar-refractivity contribution < 1.29 is 9.13 Å². The first-order valence-corrected chi connectivity index (χ1v) is 9.72. The fourth-order valence-corrected chi connectivity index (χ4v) is 3.76. The van der Waals surface area contributed by atoms with Gasteiger partial charge in [0.2, 0.25) is 0 Å². The number of nitrogens with zero attached hydrogens (tertiary/aromatic N) is 3. The SMILES string of the molecule is C=CCn1c(COc2cccc(C)c2)nnc1SCc1ccc(F)cc1Cl. The van der Waals surface area contributed by atoms with E-state index in [9.17, 15) is 4.39 Å². The molecular weight excluding hydrogens is 385 g/mol. The molecule has 2 aromatic carbocycles. The predicted octanol–water partition coefficient (Wildman–Crippen LogP) is 5.44. The molecule has 0 bridgehead atoms. The van der Waals surface area contributed by atoms with Gasteiger partial charge in [0.15, 0.2) is 11.0 Å². The summed E-state index contributed by atoms with van der Waals surface area (Å²) in [6, 6.07) is 12.2. The molecule has 0 aliphatic heterocycles. The molecule has 0 radical (unpaired) electrons. The van der Waals surface area contributed by atoms with Crippen LogP contribution in [0.15, 0.2) is 60.3 Å². The zero-order chi connectivity index (χ0) is 19.2. The number of aromatic nitrogens is 3. The Morgan fingerprint density at radius 1 is 1.26 bits per heavy atom. The molecule has 0 unspecified atom stereocenters. The summed E-state index contributed by atoms with van der Waals surface area (Å²) >= 11 is 7.58. The first-order valence-electron chi connectivity index (χ1n) is 8.36. The molecule has 1 heterocycles. The molecule has 0 spiro atoms. The van der Waals surface area contributed by atoms with Crippen molar-refractivity contribution in [2.24, 2.45) is 0 Å². The van der Waals surface area contributed by atoms with E-state index in [1.807, 2.05) is 35.8 Å². The van der Waals surface area contributed by atoms with Gasteiger partial charge in [-0.05, 0) is 42.3 Å². The average Bonchev–Trinajstić information content (AvgIpc) is 3.01. The summed E-state index contributed by atoms with van der Waals surface area (Å²) in [7, 11) is 0. The van der Waals surface area contributed by atoms with Crippen LogP contribution in [-0.2, 0) is 18.9 Å². The van der Waals surface area contributed by atoms with Crippen LogP contribution in [0.2, 0.25) is 5.02 Å². The zero-order valence-corrected chi connectivity index (χ0v) is 16.4. The van der Waals surface area contributed by atoms with Crippen LogP contribution >= 0.6 is 23.4 Å².